The van der Waals surface area contributed by atoms with Crippen LogP contribution in [0.2, 0.25) is 5.02 Å². The molecule has 0 aliphatic heterocycles. The fourth-order valence-corrected chi connectivity index (χ4v) is 2.53. The van der Waals surface area contributed by atoms with E-state index >= 15 is 0 Å². The van der Waals surface area contributed by atoms with Crippen molar-refractivity contribution in [2.24, 2.45) is 5.14 Å². The number of nitrogens with two attached hydrogens (primary N) is 1. The minimum Gasteiger partial charge on any atom is -0.378 e. The Morgan fingerprint density at radius 3 is 2.40 bits per heavy atom. The fraction of sp³-hybridized carbons (Fsp3) is 0.143. The molecule has 0 aromatic heterocycles. The van der Waals surface area contributed by atoms with Crippen molar-refractivity contribution < 1.29 is 8.42 Å². The van der Waals surface area contributed by atoms with Crippen LogP contribution in [0.4, 0.5) is 5.69 Å². The second-order valence-electron chi connectivity index (χ2n) is 4.49. The third kappa shape index (κ3) is 3.72. The van der Waals surface area contributed by atoms with E-state index in [0.717, 1.165) is 5.56 Å². The van der Waals surface area contributed by atoms with Crippen molar-refractivity contribution in [3.8, 4) is 0 Å². The molecule has 2 aromatic carbocycles. The van der Waals surface area contributed by atoms with Crippen molar-refractivity contribution >= 4 is 27.3 Å². The van der Waals surface area contributed by atoms with Crippen molar-refractivity contribution in [3.63, 3.8) is 0 Å². The zero-order valence-electron chi connectivity index (χ0n) is 10.9. The Morgan fingerprint density at radius 2 is 1.80 bits per heavy atom. The van der Waals surface area contributed by atoms with Crippen LogP contribution in [0.5, 0.6) is 0 Å². The van der Waals surface area contributed by atoms with Gasteiger partial charge in [-0.3, -0.25) is 0 Å². The molecule has 0 bridgehead atoms. The van der Waals surface area contributed by atoms with Crippen LogP contribution in [0.25, 0.3) is 0 Å². The van der Waals surface area contributed by atoms with Crippen molar-refractivity contribution in [1.82, 2.24) is 0 Å². The number of benzene rings is 2. The van der Waals surface area contributed by atoms with E-state index in [1.165, 1.54) is 12.1 Å². The monoisotopic (exact) mass is 310 g/mol. The summed E-state index contributed by atoms with van der Waals surface area (Å²) in [5.41, 5.74) is 1.74. The summed E-state index contributed by atoms with van der Waals surface area (Å²) < 4.78 is 22.6. The van der Waals surface area contributed by atoms with Gasteiger partial charge in [-0.05, 0) is 42.8 Å². The lowest BCUT2D eigenvalue weighted by Gasteiger charge is -2.16. The summed E-state index contributed by atoms with van der Waals surface area (Å²) in [6, 6.07) is 13.9. The summed E-state index contributed by atoms with van der Waals surface area (Å²) >= 11 is 5.85. The molecule has 0 heterocycles. The van der Waals surface area contributed by atoms with Crippen molar-refractivity contribution in [1.29, 1.82) is 0 Å². The number of primary sulfonamides is 1. The first-order valence-corrected chi connectivity index (χ1v) is 7.93. The van der Waals surface area contributed by atoms with E-state index in [9.17, 15) is 8.42 Å². The number of halogens is 1. The number of hydrogen-bond acceptors (Lipinski definition) is 3. The van der Waals surface area contributed by atoms with Crippen molar-refractivity contribution in [3.05, 3.63) is 59.1 Å². The molecule has 0 radical (unpaired) electrons. The maximum Gasteiger partial charge on any atom is 0.238 e. The molecule has 2 aromatic rings. The minimum absolute atomic E-state index is 0.0167. The number of anilines is 1. The lowest BCUT2D eigenvalue weighted by Crippen LogP contribution is -2.13. The molecule has 0 aliphatic rings. The predicted octanol–water partition coefficient (Wildman–Crippen LogP) is 3.16. The zero-order valence-corrected chi connectivity index (χ0v) is 12.4. The highest BCUT2D eigenvalue weighted by molar-refractivity contribution is 7.89. The van der Waals surface area contributed by atoms with E-state index < -0.39 is 10.0 Å². The number of hydrogen-bond donors (Lipinski definition) is 2. The van der Waals surface area contributed by atoms with Crippen LogP contribution in [-0.4, -0.2) is 8.42 Å². The molecule has 2 rings (SSSR count). The predicted molar refractivity (Wildman–Crippen MR) is 81.3 cm³/mol. The summed E-state index contributed by atoms with van der Waals surface area (Å²) in [7, 11) is -3.69. The Morgan fingerprint density at radius 1 is 1.15 bits per heavy atom. The van der Waals surface area contributed by atoms with Crippen LogP contribution >= 0.6 is 11.6 Å². The Kier molecular flexibility index (Phi) is 4.32. The highest BCUT2D eigenvalue weighted by atomic mass is 35.5. The van der Waals surface area contributed by atoms with Gasteiger partial charge in [0.05, 0.1) is 4.90 Å². The van der Waals surface area contributed by atoms with Crippen LogP contribution < -0.4 is 10.5 Å². The molecule has 1 unspecified atom stereocenters. The smallest absolute Gasteiger partial charge is 0.238 e. The largest absolute Gasteiger partial charge is 0.378 e. The van der Waals surface area contributed by atoms with Crippen molar-refractivity contribution in [2.45, 2.75) is 17.9 Å². The van der Waals surface area contributed by atoms with E-state index in [-0.39, 0.29) is 10.9 Å². The van der Waals surface area contributed by atoms with Crippen LogP contribution in [0, 0.1) is 0 Å². The van der Waals surface area contributed by atoms with Gasteiger partial charge in [-0.25, -0.2) is 13.6 Å². The molecule has 0 spiro atoms. The number of rotatable bonds is 4. The van der Waals surface area contributed by atoms with E-state index in [1.807, 2.05) is 31.2 Å². The first-order chi connectivity index (χ1) is 9.36. The highest BCUT2D eigenvalue weighted by Gasteiger charge is 2.10. The Hall–Kier alpha value is -1.56. The summed E-state index contributed by atoms with van der Waals surface area (Å²) in [5, 5.41) is 9.02. The van der Waals surface area contributed by atoms with E-state index in [1.54, 1.807) is 12.1 Å². The summed E-state index contributed by atoms with van der Waals surface area (Å²) in [5.74, 6) is 0. The lowest BCUT2D eigenvalue weighted by atomic mass is 10.1. The maximum absolute atomic E-state index is 11.3. The molecule has 20 heavy (non-hydrogen) atoms. The molecule has 0 saturated heterocycles. The Balaban J connectivity index is 2.20. The van der Waals surface area contributed by atoms with Gasteiger partial charge in [-0.1, -0.05) is 29.8 Å². The fourth-order valence-electron chi connectivity index (χ4n) is 1.85. The standard InChI is InChI=1S/C14H15ClN2O2S/c1-10(11-5-7-12(15)8-6-11)17-13-3-2-4-14(9-13)20(16,18)19/h2-10,17H,1H3,(H2,16,18,19). The molecule has 3 N–H and O–H groups in total. The average Bonchev–Trinajstić information content (AvgIpc) is 2.38. The van der Waals surface area contributed by atoms with Gasteiger partial charge in [0.1, 0.15) is 0 Å². The Labute approximate surface area is 123 Å². The number of nitrogens with one attached hydrogen (secondary N) is 1. The van der Waals surface area contributed by atoms with Crippen molar-refractivity contribution in [2.75, 3.05) is 5.32 Å². The molecule has 106 valence electrons. The molecule has 0 fully saturated rings. The molecular formula is C14H15ClN2O2S. The first-order valence-electron chi connectivity index (χ1n) is 6.01. The van der Waals surface area contributed by atoms with E-state index in [0.29, 0.717) is 10.7 Å². The maximum atomic E-state index is 11.3. The third-order valence-electron chi connectivity index (χ3n) is 2.92. The topological polar surface area (TPSA) is 72.2 Å². The van der Waals surface area contributed by atoms with Gasteiger partial charge in [-0.2, -0.15) is 0 Å². The second kappa shape index (κ2) is 5.83. The van der Waals surface area contributed by atoms with E-state index in [2.05, 4.69) is 5.32 Å². The molecule has 0 saturated carbocycles. The van der Waals surface area contributed by atoms with Gasteiger partial charge in [0.15, 0.2) is 0 Å². The van der Waals surface area contributed by atoms with Gasteiger partial charge in [-0.15, -0.1) is 0 Å². The minimum atomic E-state index is -3.69. The average molecular weight is 311 g/mol. The molecular weight excluding hydrogens is 296 g/mol. The molecule has 6 heteroatoms. The van der Waals surface area contributed by atoms with Gasteiger partial charge < -0.3 is 5.32 Å². The van der Waals surface area contributed by atoms with Gasteiger partial charge in [0.2, 0.25) is 10.0 Å². The van der Waals surface area contributed by atoms with Crippen LogP contribution in [0.3, 0.4) is 0 Å². The highest BCUT2D eigenvalue weighted by Crippen LogP contribution is 2.22. The Bertz CT molecular complexity index is 699. The van der Waals surface area contributed by atoms with Crippen LogP contribution in [-0.2, 0) is 10.0 Å². The third-order valence-corrected chi connectivity index (χ3v) is 4.08. The SMILES string of the molecule is CC(Nc1cccc(S(N)(=O)=O)c1)c1ccc(Cl)cc1. The number of sulfonamides is 1. The second-order valence-corrected chi connectivity index (χ2v) is 6.49. The van der Waals surface area contributed by atoms with Gasteiger partial charge in [0.25, 0.3) is 0 Å². The van der Waals surface area contributed by atoms with E-state index in [4.69, 9.17) is 16.7 Å². The zero-order chi connectivity index (χ0) is 14.8. The molecule has 4 nitrogen and oxygen atoms in total. The molecule has 0 aliphatic carbocycles. The van der Waals surface area contributed by atoms with Crippen LogP contribution in [0.15, 0.2) is 53.4 Å². The summed E-state index contributed by atoms with van der Waals surface area (Å²) in [6.45, 7) is 1.98. The summed E-state index contributed by atoms with van der Waals surface area (Å²) in [6.07, 6.45) is 0. The first kappa shape index (κ1) is 14.8. The quantitative estimate of drug-likeness (QED) is 0.911. The van der Waals surface area contributed by atoms with Crippen LogP contribution in [0.1, 0.15) is 18.5 Å². The van der Waals surface area contributed by atoms with Gasteiger partial charge in [0, 0.05) is 16.8 Å². The molecule has 0 amide bonds. The normalized spacial score (nSPS) is 12.9. The lowest BCUT2D eigenvalue weighted by molar-refractivity contribution is 0.598. The molecule has 1 atom stereocenters. The summed E-state index contributed by atoms with van der Waals surface area (Å²) in [4.78, 5) is 0.0887. The van der Waals surface area contributed by atoms with Gasteiger partial charge >= 0.3 is 0 Å².